The summed E-state index contributed by atoms with van der Waals surface area (Å²) in [6.07, 6.45) is 9.93. The number of ether oxygens (including phenoxy) is 1. The van der Waals surface area contributed by atoms with Crippen LogP contribution in [0.1, 0.15) is 53.8 Å². The molecule has 6 nitrogen and oxygen atoms in total. The molecule has 0 saturated carbocycles. The van der Waals surface area contributed by atoms with Gasteiger partial charge in [-0.1, -0.05) is 11.6 Å². The number of hydrogen-bond donors (Lipinski definition) is 1. The Bertz CT molecular complexity index is 1420. The molecule has 0 bridgehead atoms. The molecule has 0 unspecified atom stereocenters. The van der Waals surface area contributed by atoms with Gasteiger partial charge in [-0.2, -0.15) is 0 Å². The van der Waals surface area contributed by atoms with Gasteiger partial charge in [-0.15, -0.1) is 11.3 Å². The van der Waals surface area contributed by atoms with Crippen molar-refractivity contribution in [2.24, 2.45) is 0 Å². The van der Waals surface area contributed by atoms with Crippen molar-refractivity contribution in [1.82, 2.24) is 19.9 Å². The molecule has 0 radical (unpaired) electrons. The van der Waals surface area contributed by atoms with Gasteiger partial charge in [-0.05, 0) is 88.4 Å². The van der Waals surface area contributed by atoms with Gasteiger partial charge in [0.25, 0.3) is 5.91 Å². The number of aromatic nitrogens is 3. The van der Waals surface area contributed by atoms with E-state index in [0.29, 0.717) is 12.1 Å². The minimum atomic E-state index is -0.0550. The number of hydrogen-bond acceptors (Lipinski definition) is 5. The zero-order valence-electron chi connectivity index (χ0n) is 21.6. The Labute approximate surface area is 222 Å². The molecule has 7 heteroatoms. The van der Waals surface area contributed by atoms with Crippen LogP contribution in [0, 0.1) is 13.8 Å². The summed E-state index contributed by atoms with van der Waals surface area (Å²) in [4.78, 5) is 22.7. The highest BCUT2D eigenvalue weighted by molar-refractivity contribution is 7.13. The Morgan fingerprint density at radius 3 is 2.68 bits per heavy atom. The lowest BCUT2D eigenvalue weighted by molar-refractivity contribution is 0.0953. The number of carbonyl (C=O) groups is 1. The zero-order chi connectivity index (χ0) is 25.8. The topological polar surface area (TPSA) is 69.0 Å². The van der Waals surface area contributed by atoms with Gasteiger partial charge in [-0.3, -0.25) is 9.78 Å². The molecule has 5 rings (SSSR count). The second-order valence-corrected chi connectivity index (χ2v) is 10.3. The maximum atomic E-state index is 13.3. The molecule has 0 spiro atoms. The number of amides is 1. The van der Waals surface area contributed by atoms with Crippen LogP contribution >= 0.6 is 11.3 Å². The van der Waals surface area contributed by atoms with Crippen molar-refractivity contribution in [2.75, 3.05) is 13.7 Å². The molecule has 4 aromatic rings. The molecule has 1 aliphatic rings. The number of pyridine rings is 1. The molecule has 1 aromatic carbocycles. The Balaban J connectivity index is 1.47. The average molecular weight is 513 g/mol. The van der Waals surface area contributed by atoms with Gasteiger partial charge >= 0.3 is 0 Å². The average Bonchev–Trinajstić information content (AvgIpc) is 3.55. The summed E-state index contributed by atoms with van der Waals surface area (Å²) in [7, 11) is 1.66. The van der Waals surface area contributed by atoms with Crippen molar-refractivity contribution in [3.05, 3.63) is 82.6 Å². The van der Waals surface area contributed by atoms with Gasteiger partial charge in [0.05, 0.1) is 24.1 Å². The van der Waals surface area contributed by atoms with Crippen LogP contribution in [0.25, 0.3) is 27.6 Å². The number of thiazole rings is 1. The fourth-order valence-corrected chi connectivity index (χ4v) is 5.58. The van der Waals surface area contributed by atoms with Gasteiger partial charge in [0.1, 0.15) is 10.8 Å². The summed E-state index contributed by atoms with van der Waals surface area (Å²) in [6, 6.07) is 13.9. The second-order valence-electron chi connectivity index (χ2n) is 9.40. The highest BCUT2D eigenvalue weighted by Gasteiger charge is 2.21. The number of nitrogens with zero attached hydrogens (tertiary/aromatic N) is 3. The van der Waals surface area contributed by atoms with Crippen molar-refractivity contribution >= 4 is 17.2 Å². The highest BCUT2D eigenvalue weighted by Crippen LogP contribution is 2.34. The summed E-state index contributed by atoms with van der Waals surface area (Å²) in [5.74, 6) is 0.730. The fourth-order valence-electron chi connectivity index (χ4n) is 4.77. The number of aryl methyl sites for hydroxylation is 1. The van der Waals surface area contributed by atoms with Gasteiger partial charge in [0, 0.05) is 40.8 Å². The predicted molar refractivity (Wildman–Crippen MR) is 150 cm³/mol. The molecular formula is C30H32N4O2S. The molecule has 3 aromatic heterocycles. The smallest absolute Gasteiger partial charge is 0.253 e. The summed E-state index contributed by atoms with van der Waals surface area (Å²) >= 11 is 1.58. The fraction of sp³-hybridized carbons (Fsp3) is 0.300. The third-order valence-electron chi connectivity index (χ3n) is 6.86. The number of carbonyl (C=O) groups excluding carboxylic acids is 1. The Kier molecular flexibility index (Phi) is 7.51. The van der Waals surface area contributed by atoms with E-state index >= 15 is 0 Å². The number of methoxy groups -OCH3 is 1. The minimum Gasteiger partial charge on any atom is -0.497 e. The van der Waals surface area contributed by atoms with Crippen molar-refractivity contribution < 1.29 is 9.53 Å². The van der Waals surface area contributed by atoms with Gasteiger partial charge < -0.3 is 14.6 Å². The van der Waals surface area contributed by atoms with E-state index in [-0.39, 0.29) is 5.91 Å². The lowest BCUT2D eigenvalue weighted by Crippen LogP contribution is -2.25. The first-order valence-corrected chi connectivity index (χ1v) is 13.6. The van der Waals surface area contributed by atoms with E-state index < -0.39 is 0 Å². The van der Waals surface area contributed by atoms with E-state index in [1.165, 1.54) is 18.4 Å². The quantitative estimate of drug-likeness (QED) is 0.261. The molecule has 0 saturated heterocycles. The van der Waals surface area contributed by atoms with Gasteiger partial charge in [0.15, 0.2) is 0 Å². The van der Waals surface area contributed by atoms with E-state index in [2.05, 4.69) is 20.9 Å². The second kappa shape index (κ2) is 11.1. The molecule has 0 aliphatic heterocycles. The number of benzene rings is 1. The summed E-state index contributed by atoms with van der Waals surface area (Å²) in [5.41, 5.74) is 7.61. The first kappa shape index (κ1) is 25.0. The van der Waals surface area contributed by atoms with E-state index in [0.717, 1.165) is 64.0 Å². The number of allylic oxidation sites excluding steroid dienone is 1. The number of nitrogens with one attached hydrogen (secondary N) is 1. The summed E-state index contributed by atoms with van der Waals surface area (Å²) in [5, 5.41) is 6.09. The van der Waals surface area contributed by atoms with Crippen LogP contribution in [0.3, 0.4) is 0 Å². The van der Waals surface area contributed by atoms with Crippen molar-refractivity contribution in [3.8, 4) is 33.4 Å². The molecule has 1 N–H and O–H groups in total. The first-order chi connectivity index (χ1) is 18.0. The zero-order valence-corrected chi connectivity index (χ0v) is 22.4. The van der Waals surface area contributed by atoms with E-state index in [4.69, 9.17) is 9.72 Å². The van der Waals surface area contributed by atoms with E-state index in [9.17, 15) is 4.79 Å². The Morgan fingerprint density at radius 1 is 1.14 bits per heavy atom. The van der Waals surface area contributed by atoms with Crippen LogP contribution in [0.2, 0.25) is 0 Å². The highest BCUT2D eigenvalue weighted by atomic mass is 32.1. The van der Waals surface area contributed by atoms with Crippen LogP contribution in [0.4, 0.5) is 0 Å². The first-order valence-electron chi connectivity index (χ1n) is 12.8. The third-order valence-corrected chi connectivity index (χ3v) is 7.76. The molecule has 3 heterocycles. The monoisotopic (exact) mass is 512 g/mol. The van der Waals surface area contributed by atoms with Crippen molar-refractivity contribution in [1.29, 1.82) is 0 Å². The molecular weight excluding hydrogens is 480 g/mol. The normalized spacial score (nSPS) is 13.3. The van der Waals surface area contributed by atoms with E-state index in [1.807, 2.05) is 67.9 Å². The molecule has 1 amide bonds. The third kappa shape index (κ3) is 5.52. The van der Waals surface area contributed by atoms with Crippen LogP contribution in [0.5, 0.6) is 5.75 Å². The van der Waals surface area contributed by atoms with Crippen LogP contribution in [0.15, 0.2) is 65.7 Å². The Morgan fingerprint density at radius 2 is 1.97 bits per heavy atom. The molecule has 0 atom stereocenters. The molecule has 190 valence electrons. The van der Waals surface area contributed by atoms with E-state index in [1.54, 1.807) is 18.4 Å². The largest absolute Gasteiger partial charge is 0.497 e. The number of rotatable bonds is 8. The SMILES string of the molecule is COc1ccc(-n2c(-c3csc(-c4ccc(C)nc4)n3)cc(C(=O)NCCC3=CCCCC3)c2C)cc1. The lowest BCUT2D eigenvalue weighted by atomic mass is 9.97. The van der Waals surface area contributed by atoms with Crippen LogP contribution in [-0.4, -0.2) is 34.1 Å². The maximum Gasteiger partial charge on any atom is 0.253 e. The van der Waals surface area contributed by atoms with Crippen molar-refractivity contribution in [2.45, 2.75) is 46.0 Å². The minimum absolute atomic E-state index is 0.0550. The Hall–Kier alpha value is -3.71. The van der Waals surface area contributed by atoms with Crippen molar-refractivity contribution in [3.63, 3.8) is 0 Å². The molecule has 37 heavy (non-hydrogen) atoms. The molecule has 1 aliphatic carbocycles. The standard InChI is InChI=1S/C30H32N4O2S/c1-20-9-10-23(18-32-20)30-33-27(19-37-30)28-17-26(29(35)31-16-15-22-7-5-4-6-8-22)21(2)34(28)24-11-13-25(36-3)14-12-24/h7,9-14,17-19H,4-6,8,15-16H2,1-3H3,(H,31,35). The van der Waals surface area contributed by atoms with Crippen LogP contribution in [-0.2, 0) is 0 Å². The summed E-state index contributed by atoms with van der Waals surface area (Å²) in [6.45, 7) is 4.61. The lowest BCUT2D eigenvalue weighted by Gasteiger charge is -2.13. The molecule has 0 fully saturated rings. The van der Waals surface area contributed by atoms with Crippen LogP contribution < -0.4 is 10.1 Å². The predicted octanol–water partition coefficient (Wildman–Crippen LogP) is 6.91. The maximum absolute atomic E-state index is 13.3. The summed E-state index contributed by atoms with van der Waals surface area (Å²) < 4.78 is 7.46. The van der Waals surface area contributed by atoms with Gasteiger partial charge in [0.2, 0.25) is 0 Å². The van der Waals surface area contributed by atoms with Gasteiger partial charge in [-0.25, -0.2) is 4.98 Å².